The Hall–Kier alpha value is -1.14. The number of carbonyl (C=O) groups excluding carboxylic acids is 2. The Morgan fingerprint density at radius 3 is 2.21 bits per heavy atom. The summed E-state index contributed by atoms with van der Waals surface area (Å²) in [6.45, 7) is 4.03. The van der Waals surface area contributed by atoms with Gasteiger partial charge >= 0.3 is 11.9 Å². The van der Waals surface area contributed by atoms with Crippen molar-refractivity contribution in [3.63, 3.8) is 0 Å². The summed E-state index contributed by atoms with van der Waals surface area (Å²) in [7, 11) is 1.50. The van der Waals surface area contributed by atoms with Gasteiger partial charge in [-0.05, 0) is 12.8 Å². The topological polar surface area (TPSA) is 71.1 Å². The highest BCUT2D eigenvalue weighted by atomic mass is 16.7. The van der Waals surface area contributed by atoms with Crippen LogP contribution in [0.3, 0.4) is 0 Å². The molecule has 0 fully saturated rings. The number of ether oxygens (including phenoxy) is 4. The van der Waals surface area contributed by atoms with E-state index in [2.05, 4.69) is 0 Å². The second-order valence-electron chi connectivity index (χ2n) is 4.07. The number of hydrogen-bond donors (Lipinski definition) is 0. The first-order chi connectivity index (χ1) is 9.13. The Bertz CT molecular complexity index is 254. The molecule has 0 saturated heterocycles. The van der Waals surface area contributed by atoms with Gasteiger partial charge in [-0.3, -0.25) is 9.59 Å². The van der Waals surface area contributed by atoms with Crippen molar-refractivity contribution in [2.45, 2.75) is 45.6 Å². The molecular formula is C13H24O6. The van der Waals surface area contributed by atoms with Crippen LogP contribution in [0.4, 0.5) is 0 Å². The van der Waals surface area contributed by atoms with E-state index in [1.165, 1.54) is 7.11 Å². The first kappa shape index (κ1) is 17.9. The van der Waals surface area contributed by atoms with Crippen LogP contribution in [0.1, 0.15) is 39.5 Å². The van der Waals surface area contributed by atoms with Crippen molar-refractivity contribution in [2.75, 3.05) is 27.1 Å². The molecule has 0 aliphatic rings. The summed E-state index contributed by atoms with van der Waals surface area (Å²) in [5, 5.41) is 0. The lowest BCUT2D eigenvalue weighted by atomic mass is 10.3. The third-order valence-electron chi connectivity index (χ3n) is 2.14. The zero-order chi connectivity index (χ0) is 14.5. The van der Waals surface area contributed by atoms with E-state index >= 15 is 0 Å². The number of hydrogen-bond acceptors (Lipinski definition) is 6. The van der Waals surface area contributed by atoms with Gasteiger partial charge in [-0.1, -0.05) is 13.8 Å². The summed E-state index contributed by atoms with van der Waals surface area (Å²) < 4.78 is 20.1. The highest BCUT2D eigenvalue weighted by molar-refractivity contribution is 5.70. The van der Waals surface area contributed by atoms with Crippen molar-refractivity contribution in [3.05, 3.63) is 0 Å². The van der Waals surface area contributed by atoms with Gasteiger partial charge in [0.1, 0.15) is 13.4 Å². The molecule has 0 aromatic heterocycles. The van der Waals surface area contributed by atoms with Gasteiger partial charge in [0.2, 0.25) is 0 Å². The molecule has 19 heavy (non-hydrogen) atoms. The molecule has 0 rings (SSSR count). The Morgan fingerprint density at radius 1 is 1.00 bits per heavy atom. The predicted octanol–water partition coefficient (Wildman–Crippen LogP) is 1.66. The van der Waals surface area contributed by atoms with Crippen LogP contribution in [0.5, 0.6) is 0 Å². The van der Waals surface area contributed by atoms with E-state index < -0.39 is 6.10 Å². The lowest BCUT2D eigenvalue weighted by Gasteiger charge is -2.17. The summed E-state index contributed by atoms with van der Waals surface area (Å²) in [4.78, 5) is 22.7. The molecule has 0 radical (unpaired) electrons. The monoisotopic (exact) mass is 276 g/mol. The Kier molecular flexibility index (Phi) is 11.2. The molecule has 1 atom stereocenters. The van der Waals surface area contributed by atoms with Crippen LogP contribution in [0.15, 0.2) is 0 Å². The van der Waals surface area contributed by atoms with Gasteiger partial charge in [-0.2, -0.15) is 0 Å². The molecule has 112 valence electrons. The first-order valence-corrected chi connectivity index (χ1v) is 6.55. The van der Waals surface area contributed by atoms with Crippen molar-refractivity contribution in [2.24, 2.45) is 0 Å². The van der Waals surface area contributed by atoms with Crippen LogP contribution in [0, 0.1) is 0 Å². The molecule has 0 heterocycles. The van der Waals surface area contributed by atoms with Crippen LogP contribution in [0.2, 0.25) is 0 Å². The zero-order valence-corrected chi connectivity index (χ0v) is 12.0. The van der Waals surface area contributed by atoms with Crippen LogP contribution in [-0.2, 0) is 28.5 Å². The molecular weight excluding hydrogens is 252 g/mol. The minimum atomic E-state index is -0.588. The second kappa shape index (κ2) is 11.9. The van der Waals surface area contributed by atoms with Crippen molar-refractivity contribution >= 4 is 11.9 Å². The molecule has 0 aromatic rings. The molecule has 0 aliphatic heterocycles. The maximum atomic E-state index is 11.4. The number of esters is 2. The van der Waals surface area contributed by atoms with Gasteiger partial charge < -0.3 is 18.9 Å². The number of methoxy groups -OCH3 is 1. The molecule has 0 unspecified atom stereocenters. The van der Waals surface area contributed by atoms with E-state index in [9.17, 15) is 9.59 Å². The third-order valence-corrected chi connectivity index (χ3v) is 2.14. The molecule has 6 heteroatoms. The highest BCUT2D eigenvalue weighted by Gasteiger charge is 2.16. The van der Waals surface area contributed by atoms with Crippen LogP contribution in [0.25, 0.3) is 0 Å². The van der Waals surface area contributed by atoms with E-state index in [4.69, 9.17) is 18.9 Å². The average molecular weight is 276 g/mol. The fourth-order valence-corrected chi connectivity index (χ4v) is 1.29. The van der Waals surface area contributed by atoms with E-state index in [1.807, 2.05) is 13.8 Å². The highest BCUT2D eigenvalue weighted by Crippen LogP contribution is 2.02. The molecule has 0 aliphatic carbocycles. The summed E-state index contributed by atoms with van der Waals surface area (Å²) in [5.74, 6) is -0.620. The van der Waals surface area contributed by atoms with Crippen molar-refractivity contribution in [1.82, 2.24) is 0 Å². The van der Waals surface area contributed by atoms with Gasteiger partial charge in [0.15, 0.2) is 6.10 Å². The van der Waals surface area contributed by atoms with E-state index in [1.54, 1.807) is 0 Å². The van der Waals surface area contributed by atoms with Crippen LogP contribution < -0.4 is 0 Å². The van der Waals surface area contributed by atoms with E-state index in [0.29, 0.717) is 19.3 Å². The molecule has 0 spiro atoms. The molecule has 6 nitrogen and oxygen atoms in total. The number of rotatable bonds is 11. The van der Waals surface area contributed by atoms with Crippen LogP contribution >= 0.6 is 0 Å². The van der Waals surface area contributed by atoms with Gasteiger partial charge in [0.05, 0.1) is 6.61 Å². The molecule has 0 bridgehead atoms. The smallest absolute Gasteiger partial charge is 0.306 e. The third kappa shape index (κ3) is 10.5. The predicted molar refractivity (Wildman–Crippen MR) is 68.5 cm³/mol. The quantitative estimate of drug-likeness (QED) is 0.325. The van der Waals surface area contributed by atoms with Gasteiger partial charge in [0.25, 0.3) is 0 Å². The van der Waals surface area contributed by atoms with Gasteiger partial charge in [-0.15, -0.1) is 0 Å². The van der Waals surface area contributed by atoms with E-state index in [0.717, 1.165) is 6.42 Å². The summed E-state index contributed by atoms with van der Waals surface area (Å²) >= 11 is 0. The normalized spacial score (nSPS) is 11.9. The van der Waals surface area contributed by atoms with Crippen molar-refractivity contribution < 1.29 is 28.5 Å². The Balaban J connectivity index is 4.08. The average Bonchev–Trinajstić information content (AvgIpc) is 2.36. The fourth-order valence-electron chi connectivity index (χ4n) is 1.29. The largest absolute Gasteiger partial charge is 0.462 e. The van der Waals surface area contributed by atoms with Gasteiger partial charge in [0, 0.05) is 20.0 Å². The second-order valence-corrected chi connectivity index (χ2v) is 4.07. The fraction of sp³-hybridized carbons (Fsp3) is 0.846. The maximum Gasteiger partial charge on any atom is 0.306 e. The summed E-state index contributed by atoms with van der Waals surface area (Å²) in [5.41, 5.74) is 0. The zero-order valence-electron chi connectivity index (χ0n) is 12.0. The minimum Gasteiger partial charge on any atom is -0.462 e. The molecule has 0 amide bonds. The molecule has 0 N–H and O–H groups in total. The lowest BCUT2D eigenvalue weighted by molar-refractivity contribution is -0.165. The molecule has 0 aromatic carbocycles. The Labute approximate surface area is 114 Å². The van der Waals surface area contributed by atoms with Crippen molar-refractivity contribution in [3.8, 4) is 0 Å². The first-order valence-electron chi connectivity index (χ1n) is 6.55. The van der Waals surface area contributed by atoms with Gasteiger partial charge in [-0.25, -0.2) is 0 Å². The molecule has 0 saturated carbocycles. The van der Waals surface area contributed by atoms with Crippen LogP contribution in [-0.4, -0.2) is 45.2 Å². The standard InChI is InChI=1S/C13H24O6/c1-4-6-12(14)18-9-11(8-17-10-16-3)19-13(15)7-5-2/h11H,4-10H2,1-3H3/t11-/m1/s1. The maximum absolute atomic E-state index is 11.4. The van der Waals surface area contributed by atoms with Crippen molar-refractivity contribution in [1.29, 1.82) is 0 Å². The van der Waals surface area contributed by atoms with E-state index in [-0.39, 0.29) is 31.9 Å². The number of carbonyl (C=O) groups is 2. The minimum absolute atomic E-state index is 0.0119. The Morgan fingerprint density at radius 2 is 1.63 bits per heavy atom. The lowest BCUT2D eigenvalue weighted by Crippen LogP contribution is -2.30. The SMILES string of the molecule is CCCC(=O)OC[C@@H](COCOC)OC(=O)CCC. The summed E-state index contributed by atoms with van der Waals surface area (Å²) in [6.07, 6.45) is 1.53. The summed E-state index contributed by atoms with van der Waals surface area (Å²) in [6, 6.07) is 0.